The summed E-state index contributed by atoms with van der Waals surface area (Å²) in [6, 6.07) is 37.8. The average molecular weight is 1170 g/mol. The summed E-state index contributed by atoms with van der Waals surface area (Å²) < 4.78 is 0. The summed E-state index contributed by atoms with van der Waals surface area (Å²) in [4.78, 5) is 14.8. The van der Waals surface area contributed by atoms with E-state index in [0.29, 0.717) is 59.4 Å². The number of aliphatic imine (C=N–C) groups is 3. The molecule has 0 bridgehead atoms. The topological polar surface area (TPSA) is 79.4 Å². The molecule has 0 heterocycles. The first-order chi connectivity index (χ1) is 36.4. The maximum Gasteiger partial charge on any atom is 3.00 e. The minimum Gasteiger partial charge on any atom is -0.466 e. The Morgan fingerprint density at radius 1 is 0.403 bits per heavy atom. The second-order valence-electron chi connectivity index (χ2n) is 24.0. The number of hydrogen-bond acceptors (Lipinski definition) is 3. The molecule has 0 atom stereocenters. The molecular formula is C70H99N6Sm. The van der Waals surface area contributed by atoms with E-state index >= 15 is 0 Å². The number of benzene rings is 5. The fraction of sp³-hybridized carbons (Fsp3) is 0.529. The van der Waals surface area contributed by atoms with E-state index in [1.54, 1.807) is 12.7 Å². The molecule has 0 N–H and O–H groups in total. The zero-order chi connectivity index (χ0) is 55.3. The number of rotatable bonds is 18. The van der Waals surface area contributed by atoms with Gasteiger partial charge in [0.2, 0.25) is 0 Å². The van der Waals surface area contributed by atoms with E-state index < -0.39 is 0 Å². The minimum absolute atomic E-state index is 0. The van der Waals surface area contributed by atoms with Crippen molar-refractivity contribution in [2.24, 2.45) is 15.0 Å². The van der Waals surface area contributed by atoms with E-state index in [1.807, 2.05) is 0 Å². The smallest absolute Gasteiger partial charge is 0.466 e. The Morgan fingerprint density at radius 2 is 0.714 bits per heavy atom. The van der Waals surface area contributed by atoms with E-state index in [9.17, 15) is 0 Å². The number of para-hydroxylation sites is 4. The van der Waals surface area contributed by atoms with Crippen molar-refractivity contribution < 1.29 is 40.4 Å². The molecule has 2 aliphatic carbocycles. The van der Waals surface area contributed by atoms with E-state index in [1.165, 1.54) is 114 Å². The third-order valence-corrected chi connectivity index (χ3v) is 15.1. The summed E-state index contributed by atoms with van der Waals surface area (Å²) >= 11 is 0. The van der Waals surface area contributed by atoms with E-state index in [4.69, 9.17) is 30.9 Å². The van der Waals surface area contributed by atoms with Gasteiger partial charge in [-0.3, -0.25) is 0 Å². The molecule has 2 fully saturated rings. The summed E-state index contributed by atoms with van der Waals surface area (Å²) in [5.41, 5.74) is 16.0. The van der Waals surface area contributed by atoms with Gasteiger partial charge >= 0.3 is 40.4 Å². The van der Waals surface area contributed by atoms with Gasteiger partial charge in [-0.05, 0) is 139 Å². The summed E-state index contributed by atoms with van der Waals surface area (Å²) in [7, 11) is 0. The Balaban J connectivity index is 0.000000249. The van der Waals surface area contributed by atoms with E-state index in [2.05, 4.69) is 214 Å². The molecule has 77 heavy (non-hydrogen) atoms. The number of hydrogen-bond donors (Lipinski definition) is 0. The van der Waals surface area contributed by atoms with Crippen molar-refractivity contribution in [3.8, 4) is 0 Å². The third-order valence-electron chi connectivity index (χ3n) is 15.1. The molecule has 0 aromatic heterocycles. The van der Waals surface area contributed by atoms with Gasteiger partial charge < -0.3 is 30.9 Å². The van der Waals surface area contributed by atoms with Gasteiger partial charge in [0.05, 0.1) is 0 Å². The van der Waals surface area contributed by atoms with Gasteiger partial charge in [-0.1, -0.05) is 297 Å². The maximum atomic E-state index is 5.07. The predicted molar refractivity (Wildman–Crippen MR) is 336 cm³/mol. The van der Waals surface area contributed by atoms with Gasteiger partial charge in [0.25, 0.3) is 0 Å². The minimum atomic E-state index is 0. The first-order valence-electron chi connectivity index (χ1n) is 29.7. The molecular weight excluding hydrogens is 1080 g/mol. The van der Waals surface area contributed by atoms with Crippen LogP contribution in [0, 0.1) is 40.4 Å². The quantitative estimate of drug-likeness (QED) is 0.0619. The molecule has 0 spiro atoms. The van der Waals surface area contributed by atoms with Gasteiger partial charge in [0.15, 0.2) is 0 Å². The Labute approximate surface area is 502 Å². The van der Waals surface area contributed by atoms with Crippen molar-refractivity contribution in [1.29, 1.82) is 0 Å². The molecule has 0 aliphatic heterocycles. The molecule has 7 rings (SSSR count). The molecule has 5 aromatic rings. The maximum absolute atomic E-state index is 5.07. The van der Waals surface area contributed by atoms with Crippen molar-refractivity contribution in [2.45, 2.75) is 241 Å². The molecule has 2 saturated carbocycles. The van der Waals surface area contributed by atoms with Crippen molar-refractivity contribution in [3.63, 3.8) is 0 Å². The first kappa shape index (κ1) is 65.4. The van der Waals surface area contributed by atoms with E-state index in [-0.39, 0.29) is 40.4 Å². The van der Waals surface area contributed by atoms with Crippen LogP contribution in [0.2, 0.25) is 0 Å². The fourth-order valence-corrected chi connectivity index (χ4v) is 10.7. The first-order valence-corrected chi connectivity index (χ1v) is 29.7. The van der Waals surface area contributed by atoms with Crippen LogP contribution in [0.15, 0.2) is 118 Å². The normalized spacial score (nSPS) is 14.7. The van der Waals surface area contributed by atoms with Gasteiger partial charge in [-0.2, -0.15) is 0 Å². The van der Waals surface area contributed by atoms with Gasteiger partial charge in [-0.25, -0.2) is 0 Å². The van der Waals surface area contributed by atoms with Gasteiger partial charge in [-0.15, -0.1) is 0 Å². The van der Waals surface area contributed by atoms with Crippen molar-refractivity contribution >= 4 is 41.3 Å². The molecule has 415 valence electrons. The van der Waals surface area contributed by atoms with Crippen LogP contribution in [0.4, 0.5) is 22.7 Å². The number of nitrogens with zero attached hydrogens (tertiary/aromatic N) is 6. The summed E-state index contributed by atoms with van der Waals surface area (Å²) in [6.07, 6.45) is 17.6. The van der Waals surface area contributed by atoms with Gasteiger partial charge in [0, 0.05) is 0 Å². The molecule has 0 saturated heterocycles. The SMILES string of the molecule is CC(C)c1cccc(C(C)C)c1N=C[N-]c1c(C(C)C)cccc1C(C)C.CC(C)c1cccc(C(C)C)c1N=C[N-]c1c(C(C)C)cccc1C(C)C.[Sm+3].c1ccc(CC(=NC2CCCCC2)[N-]C2CCCCC2)cc1. The summed E-state index contributed by atoms with van der Waals surface area (Å²) in [5, 5.41) is 14.8. The number of amidine groups is 1. The molecule has 1 radical (unpaired) electrons. The van der Waals surface area contributed by atoms with Crippen LogP contribution in [-0.2, 0) is 6.42 Å². The average Bonchev–Trinajstić information content (AvgIpc) is 3.39. The van der Waals surface area contributed by atoms with Crippen LogP contribution in [0.5, 0.6) is 0 Å². The Kier molecular flexibility index (Phi) is 28.4. The second kappa shape index (κ2) is 33.4. The third kappa shape index (κ3) is 20.2. The van der Waals surface area contributed by atoms with Crippen molar-refractivity contribution in [2.75, 3.05) is 0 Å². The zero-order valence-electron chi connectivity index (χ0n) is 50.6. The van der Waals surface area contributed by atoms with Crippen molar-refractivity contribution in [1.82, 2.24) is 0 Å². The predicted octanol–water partition coefficient (Wildman–Crippen LogP) is 22.8. The summed E-state index contributed by atoms with van der Waals surface area (Å²) in [6.45, 7) is 35.6. The molecule has 5 aromatic carbocycles. The second-order valence-corrected chi connectivity index (χ2v) is 24.0. The monoisotopic (exact) mass is 1180 g/mol. The molecule has 6 nitrogen and oxygen atoms in total. The molecule has 0 unspecified atom stereocenters. The van der Waals surface area contributed by atoms with Crippen LogP contribution >= 0.6 is 0 Å². The zero-order valence-corrected chi connectivity index (χ0v) is 53.2. The van der Waals surface area contributed by atoms with E-state index in [0.717, 1.165) is 35.0 Å². The van der Waals surface area contributed by atoms with Crippen molar-refractivity contribution in [3.05, 3.63) is 169 Å². The Morgan fingerprint density at radius 3 is 1.04 bits per heavy atom. The summed E-state index contributed by atoms with van der Waals surface area (Å²) in [5.74, 6) is 4.60. The molecule has 0 amide bonds. The van der Waals surface area contributed by atoms with Gasteiger partial charge in [0.1, 0.15) is 0 Å². The largest absolute Gasteiger partial charge is 3.00 e. The van der Waals surface area contributed by atoms with Crippen LogP contribution in [-0.4, -0.2) is 30.6 Å². The Hall–Kier alpha value is -4.15. The molecule has 2 aliphatic rings. The van der Waals surface area contributed by atoms with Crippen LogP contribution < -0.4 is 0 Å². The standard InChI is InChI=1S/2C25H35N2.C20H29N2.Sm/c2*1-16(2)20-11-9-12-21(17(3)4)24(20)26-15-27-25-22(18(5)6)13-10-14-23(25)19(7)8;1-4-10-17(11-5-1)16-20(21-18-12-6-2-7-13-18)22-19-14-8-3-9-15-19;/h2*9-19H,1-8H3;1,4-5,10-11,18-19H,2-3,6-9,12-16H2;/q3*-1;+3. The van der Waals surface area contributed by atoms with Crippen LogP contribution in [0.25, 0.3) is 16.0 Å². The van der Waals surface area contributed by atoms with Crippen LogP contribution in [0.3, 0.4) is 0 Å². The Bertz CT molecular complexity index is 2350. The molecule has 7 heteroatoms. The van der Waals surface area contributed by atoms with Crippen LogP contribution in [0.1, 0.15) is 272 Å². The fourth-order valence-electron chi connectivity index (χ4n) is 10.7.